The van der Waals surface area contributed by atoms with Crippen molar-refractivity contribution in [1.29, 1.82) is 0 Å². The number of aliphatic hydroxyl groups excluding tert-OH is 1. The summed E-state index contributed by atoms with van der Waals surface area (Å²) in [5.41, 5.74) is 0.547. The second-order valence-electron chi connectivity index (χ2n) is 6.72. The van der Waals surface area contributed by atoms with Gasteiger partial charge in [0.05, 0.1) is 12.5 Å². The van der Waals surface area contributed by atoms with Gasteiger partial charge in [0, 0.05) is 57.4 Å². The Morgan fingerprint density at radius 2 is 1.81 bits per heavy atom. The second-order valence-corrected chi connectivity index (χ2v) is 6.72. The molecule has 0 saturated carbocycles. The van der Waals surface area contributed by atoms with E-state index in [-0.39, 0.29) is 25.7 Å². The number of amides is 1. The van der Waals surface area contributed by atoms with Crippen molar-refractivity contribution in [2.75, 3.05) is 58.0 Å². The maximum atomic E-state index is 12.3. The number of carboxylic acids is 1. The summed E-state index contributed by atoms with van der Waals surface area (Å²) in [6.45, 7) is 4.27. The van der Waals surface area contributed by atoms with E-state index in [4.69, 9.17) is 14.6 Å². The van der Waals surface area contributed by atoms with Crippen molar-refractivity contribution >= 4 is 17.6 Å². The molecule has 2 aliphatic heterocycles. The molecule has 3 rings (SSSR count). The third-order valence-corrected chi connectivity index (χ3v) is 4.80. The van der Waals surface area contributed by atoms with Crippen molar-refractivity contribution in [2.45, 2.75) is 6.42 Å². The quantitative estimate of drug-likeness (QED) is 0.581. The highest BCUT2D eigenvalue weighted by atomic mass is 16.7. The molecule has 1 aromatic rings. The van der Waals surface area contributed by atoms with E-state index in [0.29, 0.717) is 30.3 Å². The van der Waals surface area contributed by atoms with Crippen LogP contribution in [0.4, 0.5) is 5.69 Å². The molecule has 0 bridgehead atoms. The van der Waals surface area contributed by atoms with Crippen molar-refractivity contribution < 1.29 is 29.3 Å². The second kappa shape index (κ2) is 9.03. The molecule has 9 heteroatoms. The van der Waals surface area contributed by atoms with Crippen LogP contribution in [0.25, 0.3) is 0 Å². The number of nitrogens with zero attached hydrogens (tertiary/aromatic N) is 2. The lowest BCUT2D eigenvalue weighted by Gasteiger charge is -2.35. The fraction of sp³-hybridized carbons (Fsp3) is 0.556. The molecule has 0 spiro atoms. The fourth-order valence-corrected chi connectivity index (χ4v) is 3.29. The molecular formula is C18H25N3O6. The SMILES string of the molecule is O=C(C[C@H](CN1CCN(CCO)CC1)C(=O)O)Nc1ccc2c(c1)OCO2. The van der Waals surface area contributed by atoms with E-state index in [1.165, 1.54) is 0 Å². The number of aliphatic hydroxyl groups is 1. The highest BCUT2D eigenvalue weighted by Crippen LogP contribution is 2.34. The number of hydrogen-bond acceptors (Lipinski definition) is 7. The van der Waals surface area contributed by atoms with Crippen LogP contribution in [-0.4, -0.2) is 84.6 Å². The molecule has 2 aliphatic rings. The van der Waals surface area contributed by atoms with Gasteiger partial charge < -0.3 is 25.0 Å². The molecular weight excluding hydrogens is 354 g/mol. The van der Waals surface area contributed by atoms with Gasteiger partial charge in [-0.15, -0.1) is 0 Å². The summed E-state index contributed by atoms with van der Waals surface area (Å²) < 4.78 is 10.5. The number of hydrogen-bond donors (Lipinski definition) is 3. The minimum Gasteiger partial charge on any atom is -0.481 e. The molecule has 1 saturated heterocycles. The number of fused-ring (bicyclic) bond motifs is 1. The van der Waals surface area contributed by atoms with Crippen LogP contribution in [0, 0.1) is 5.92 Å². The first-order valence-corrected chi connectivity index (χ1v) is 9.03. The van der Waals surface area contributed by atoms with Gasteiger partial charge in [0.2, 0.25) is 12.7 Å². The minimum atomic E-state index is -0.978. The van der Waals surface area contributed by atoms with Gasteiger partial charge in [0.15, 0.2) is 11.5 Å². The Morgan fingerprint density at radius 3 is 2.52 bits per heavy atom. The van der Waals surface area contributed by atoms with Gasteiger partial charge in [-0.05, 0) is 12.1 Å². The van der Waals surface area contributed by atoms with E-state index in [9.17, 15) is 14.7 Å². The standard InChI is InChI=1S/C18H25N3O6/c22-8-7-20-3-5-21(6-4-20)11-13(18(24)25)9-17(23)19-14-1-2-15-16(10-14)27-12-26-15/h1-2,10,13,22H,3-9,11-12H2,(H,19,23)(H,24,25)/t13-/m1/s1. The Morgan fingerprint density at radius 1 is 1.11 bits per heavy atom. The number of benzene rings is 1. The number of aliphatic carboxylic acids is 1. The summed E-state index contributed by atoms with van der Waals surface area (Å²) >= 11 is 0. The fourth-order valence-electron chi connectivity index (χ4n) is 3.29. The molecule has 0 radical (unpaired) electrons. The Labute approximate surface area is 157 Å². The predicted molar refractivity (Wildman–Crippen MR) is 96.9 cm³/mol. The zero-order chi connectivity index (χ0) is 19.2. The number of piperazine rings is 1. The minimum absolute atomic E-state index is 0.0966. The van der Waals surface area contributed by atoms with Crippen molar-refractivity contribution in [2.24, 2.45) is 5.92 Å². The van der Waals surface area contributed by atoms with Crippen molar-refractivity contribution in [3.63, 3.8) is 0 Å². The summed E-state index contributed by atoms with van der Waals surface area (Å²) in [5.74, 6) is -0.919. The van der Waals surface area contributed by atoms with Crippen molar-refractivity contribution in [3.05, 3.63) is 18.2 Å². The molecule has 0 aromatic heterocycles. The van der Waals surface area contributed by atoms with E-state index in [0.717, 1.165) is 26.2 Å². The van der Waals surface area contributed by atoms with Crippen LogP contribution in [-0.2, 0) is 9.59 Å². The van der Waals surface area contributed by atoms with Crippen LogP contribution in [0.5, 0.6) is 11.5 Å². The van der Waals surface area contributed by atoms with Gasteiger partial charge in [0.25, 0.3) is 0 Å². The molecule has 0 aliphatic carbocycles. The zero-order valence-corrected chi connectivity index (χ0v) is 15.1. The molecule has 1 fully saturated rings. The molecule has 27 heavy (non-hydrogen) atoms. The average molecular weight is 379 g/mol. The number of anilines is 1. The number of carboxylic acid groups (broad SMARTS) is 1. The normalized spacial score (nSPS) is 18.3. The van der Waals surface area contributed by atoms with Gasteiger partial charge in [-0.25, -0.2) is 0 Å². The summed E-state index contributed by atoms with van der Waals surface area (Å²) in [6.07, 6.45) is -0.0966. The third-order valence-electron chi connectivity index (χ3n) is 4.80. The Balaban J connectivity index is 1.50. The largest absolute Gasteiger partial charge is 0.481 e. The van der Waals surface area contributed by atoms with E-state index in [1.807, 2.05) is 0 Å². The lowest BCUT2D eigenvalue weighted by molar-refractivity contribution is -0.144. The monoisotopic (exact) mass is 379 g/mol. The molecule has 9 nitrogen and oxygen atoms in total. The van der Waals surface area contributed by atoms with Gasteiger partial charge >= 0.3 is 5.97 Å². The van der Waals surface area contributed by atoms with E-state index in [1.54, 1.807) is 18.2 Å². The number of rotatable bonds is 8. The maximum Gasteiger partial charge on any atom is 0.308 e. The first-order valence-electron chi connectivity index (χ1n) is 9.03. The van der Waals surface area contributed by atoms with E-state index in [2.05, 4.69) is 15.1 Å². The lowest BCUT2D eigenvalue weighted by Crippen LogP contribution is -2.49. The summed E-state index contributed by atoms with van der Waals surface area (Å²) in [4.78, 5) is 28.1. The smallest absolute Gasteiger partial charge is 0.308 e. The van der Waals surface area contributed by atoms with Gasteiger partial charge in [-0.2, -0.15) is 0 Å². The van der Waals surface area contributed by atoms with Crippen LogP contribution in [0.15, 0.2) is 18.2 Å². The first kappa shape index (κ1) is 19.4. The number of carbonyl (C=O) groups excluding carboxylic acids is 1. The number of carbonyl (C=O) groups is 2. The molecule has 148 valence electrons. The highest BCUT2D eigenvalue weighted by Gasteiger charge is 2.26. The summed E-state index contributed by atoms with van der Waals surface area (Å²) in [6, 6.07) is 5.07. The number of β-amino-alcohol motifs (C(OH)–C–C–N with tert-alkyl or cyclic N) is 1. The molecule has 0 unspecified atom stereocenters. The highest BCUT2D eigenvalue weighted by molar-refractivity contribution is 5.93. The lowest BCUT2D eigenvalue weighted by atomic mass is 10.0. The predicted octanol–water partition coefficient (Wildman–Crippen LogP) is 0.0546. The maximum absolute atomic E-state index is 12.3. The Hall–Kier alpha value is -2.36. The number of ether oxygens (including phenoxy) is 2. The molecule has 1 aromatic carbocycles. The first-order chi connectivity index (χ1) is 13.0. The molecule has 3 N–H and O–H groups in total. The third kappa shape index (κ3) is 5.31. The van der Waals surface area contributed by atoms with Gasteiger partial charge in [-0.1, -0.05) is 0 Å². The van der Waals surface area contributed by atoms with Crippen molar-refractivity contribution in [1.82, 2.24) is 9.80 Å². The molecule has 1 atom stereocenters. The Bertz CT molecular complexity index is 675. The van der Waals surface area contributed by atoms with Gasteiger partial charge in [-0.3, -0.25) is 19.4 Å². The van der Waals surface area contributed by atoms with E-state index >= 15 is 0 Å². The van der Waals surface area contributed by atoms with Crippen LogP contribution in [0.1, 0.15) is 6.42 Å². The zero-order valence-electron chi connectivity index (χ0n) is 15.1. The average Bonchev–Trinajstić information content (AvgIpc) is 3.10. The topological polar surface area (TPSA) is 112 Å². The van der Waals surface area contributed by atoms with Crippen LogP contribution in [0.2, 0.25) is 0 Å². The van der Waals surface area contributed by atoms with E-state index < -0.39 is 11.9 Å². The summed E-state index contributed by atoms with van der Waals surface area (Å²) in [5, 5.41) is 21.2. The van der Waals surface area contributed by atoms with Crippen LogP contribution >= 0.6 is 0 Å². The van der Waals surface area contributed by atoms with Crippen LogP contribution in [0.3, 0.4) is 0 Å². The van der Waals surface area contributed by atoms with Gasteiger partial charge in [0.1, 0.15) is 0 Å². The Kier molecular flexibility index (Phi) is 6.49. The summed E-state index contributed by atoms with van der Waals surface area (Å²) in [7, 11) is 0. The molecule has 2 heterocycles. The van der Waals surface area contributed by atoms with Crippen LogP contribution < -0.4 is 14.8 Å². The van der Waals surface area contributed by atoms with Crippen molar-refractivity contribution in [3.8, 4) is 11.5 Å². The number of nitrogens with one attached hydrogen (secondary N) is 1. The molecule has 1 amide bonds.